The summed E-state index contributed by atoms with van der Waals surface area (Å²) in [7, 11) is 0. The SMILES string of the molecule is FC(F)SCc1ccc(CNC2CCOC2C2CC2)o1. The number of thioether (sulfide) groups is 1. The molecule has 1 aliphatic carbocycles. The molecule has 1 N–H and O–H groups in total. The predicted molar refractivity (Wildman–Crippen MR) is 73.7 cm³/mol. The number of hydrogen-bond acceptors (Lipinski definition) is 4. The van der Waals surface area contributed by atoms with E-state index in [9.17, 15) is 8.78 Å². The molecule has 1 aliphatic heterocycles. The molecule has 0 aromatic carbocycles. The zero-order valence-electron chi connectivity index (χ0n) is 11.2. The van der Waals surface area contributed by atoms with Gasteiger partial charge in [0.25, 0.3) is 5.76 Å². The van der Waals surface area contributed by atoms with Crippen LogP contribution in [0.4, 0.5) is 8.78 Å². The van der Waals surface area contributed by atoms with Crippen LogP contribution < -0.4 is 5.32 Å². The van der Waals surface area contributed by atoms with Crippen LogP contribution in [0.2, 0.25) is 0 Å². The second-order valence-electron chi connectivity index (χ2n) is 5.39. The van der Waals surface area contributed by atoms with Gasteiger partial charge < -0.3 is 14.5 Å². The topological polar surface area (TPSA) is 34.4 Å². The highest BCUT2D eigenvalue weighted by atomic mass is 32.2. The monoisotopic (exact) mass is 303 g/mol. The minimum atomic E-state index is -2.35. The second kappa shape index (κ2) is 6.45. The highest BCUT2D eigenvalue weighted by Crippen LogP contribution is 2.38. The molecule has 0 bridgehead atoms. The van der Waals surface area contributed by atoms with Crippen LogP contribution in [0, 0.1) is 5.92 Å². The maximum Gasteiger partial charge on any atom is 0.284 e. The molecule has 20 heavy (non-hydrogen) atoms. The Kier molecular flexibility index (Phi) is 4.63. The van der Waals surface area contributed by atoms with Gasteiger partial charge in [-0.25, -0.2) is 0 Å². The van der Waals surface area contributed by atoms with Crippen molar-refractivity contribution in [2.75, 3.05) is 6.61 Å². The molecule has 0 radical (unpaired) electrons. The molecule has 1 aromatic rings. The van der Waals surface area contributed by atoms with E-state index in [1.807, 2.05) is 6.07 Å². The molecule has 112 valence electrons. The number of hydrogen-bond donors (Lipinski definition) is 1. The molecule has 3 rings (SSSR count). The highest BCUT2D eigenvalue weighted by molar-refractivity contribution is 7.98. The minimum absolute atomic E-state index is 0.217. The van der Waals surface area contributed by atoms with E-state index < -0.39 is 5.76 Å². The van der Waals surface area contributed by atoms with Gasteiger partial charge >= 0.3 is 0 Å². The van der Waals surface area contributed by atoms with E-state index in [1.54, 1.807) is 6.07 Å². The van der Waals surface area contributed by atoms with Gasteiger partial charge in [-0.2, -0.15) is 8.78 Å². The van der Waals surface area contributed by atoms with E-state index in [0.717, 1.165) is 24.7 Å². The van der Waals surface area contributed by atoms with Gasteiger partial charge in [0.05, 0.1) is 18.4 Å². The van der Waals surface area contributed by atoms with Crippen LogP contribution in [-0.4, -0.2) is 24.5 Å². The number of halogens is 2. The Bertz CT molecular complexity index is 437. The molecule has 6 heteroatoms. The van der Waals surface area contributed by atoms with Gasteiger partial charge in [0.2, 0.25) is 0 Å². The first-order valence-corrected chi connectivity index (χ1v) is 8.09. The average molecular weight is 303 g/mol. The fraction of sp³-hybridized carbons (Fsp3) is 0.714. The van der Waals surface area contributed by atoms with Crippen molar-refractivity contribution in [2.24, 2.45) is 5.92 Å². The molecule has 0 amide bonds. The molecular formula is C14H19F2NO2S. The third kappa shape index (κ3) is 3.74. The highest BCUT2D eigenvalue weighted by Gasteiger charge is 2.40. The number of ether oxygens (including phenoxy) is 1. The predicted octanol–water partition coefficient (Wildman–Crippen LogP) is 3.39. The van der Waals surface area contributed by atoms with Crippen molar-refractivity contribution in [3.8, 4) is 0 Å². The second-order valence-corrected chi connectivity index (χ2v) is 6.37. The van der Waals surface area contributed by atoms with Gasteiger partial charge in [-0.1, -0.05) is 11.8 Å². The Morgan fingerprint density at radius 1 is 1.25 bits per heavy atom. The first kappa shape index (κ1) is 14.4. The Morgan fingerprint density at radius 2 is 2.05 bits per heavy atom. The zero-order valence-corrected chi connectivity index (χ0v) is 12.0. The fourth-order valence-corrected chi connectivity index (χ4v) is 3.14. The smallest absolute Gasteiger partial charge is 0.284 e. The van der Waals surface area contributed by atoms with Crippen LogP contribution >= 0.6 is 11.8 Å². The third-order valence-electron chi connectivity index (χ3n) is 3.83. The van der Waals surface area contributed by atoms with Crippen molar-refractivity contribution < 1.29 is 17.9 Å². The lowest BCUT2D eigenvalue weighted by Crippen LogP contribution is -2.37. The summed E-state index contributed by atoms with van der Waals surface area (Å²) in [5.74, 6) is 0.000543. The lowest BCUT2D eigenvalue weighted by Gasteiger charge is -2.18. The molecule has 1 saturated carbocycles. The maximum atomic E-state index is 12.1. The maximum absolute atomic E-state index is 12.1. The molecule has 2 fully saturated rings. The number of rotatable bonds is 7. The summed E-state index contributed by atoms with van der Waals surface area (Å²) in [6.45, 7) is 1.46. The molecule has 2 heterocycles. The van der Waals surface area contributed by atoms with Gasteiger partial charge in [0.15, 0.2) is 0 Å². The van der Waals surface area contributed by atoms with Crippen molar-refractivity contribution in [3.63, 3.8) is 0 Å². The van der Waals surface area contributed by atoms with Crippen LogP contribution in [0.3, 0.4) is 0 Å². The van der Waals surface area contributed by atoms with Crippen molar-refractivity contribution in [1.82, 2.24) is 5.32 Å². The number of nitrogens with one attached hydrogen (secondary N) is 1. The summed E-state index contributed by atoms with van der Waals surface area (Å²) >= 11 is 0.586. The summed E-state index contributed by atoms with van der Waals surface area (Å²) in [5.41, 5.74) is 0. The summed E-state index contributed by atoms with van der Waals surface area (Å²) in [4.78, 5) is 0. The van der Waals surface area contributed by atoms with E-state index in [1.165, 1.54) is 12.8 Å². The molecule has 2 aliphatic rings. The molecule has 3 nitrogen and oxygen atoms in total. The molecule has 1 saturated heterocycles. The normalized spacial score (nSPS) is 26.6. The van der Waals surface area contributed by atoms with Gasteiger partial charge in [0.1, 0.15) is 11.5 Å². The minimum Gasteiger partial charge on any atom is -0.464 e. The summed E-state index contributed by atoms with van der Waals surface area (Å²) < 4.78 is 35.5. The fourth-order valence-electron chi connectivity index (χ4n) is 2.69. The van der Waals surface area contributed by atoms with E-state index in [4.69, 9.17) is 9.15 Å². The van der Waals surface area contributed by atoms with Crippen molar-refractivity contribution in [1.29, 1.82) is 0 Å². The molecule has 0 spiro atoms. The first-order chi connectivity index (χ1) is 9.72. The van der Waals surface area contributed by atoms with E-state index >= 15 is 0 Å². The van der Waals surface area contributed by atoms with Crippen LogP contribution in [-0.2, 0) is 17.0 Å². The molecule has 1 aromatic heterocycles. The van der Waals surface area contributed by atoms with Crippen molar-refractivity contribution in [2.45, 2.75) is 49.5 Å². The molecule has 2 atom stereocenters. The standard InChI is InChI=1S/C14H19F2NO2S/c15-14(16)20-8-11-4-3-10(19-11)7-17-12-5-6-18-13(12)9-1-2-9/h3-4,9,12-14,17H,1-2,5-8H2. The van der Waals surface area contributed by atoms with Gasteiger partial charge in [-0.15, -0.1) is 0 Å². The number of furan rings is 1. The van der Waals surface area contributed by atoms with Crippen LogP contribution in [0.25, 0.3) is 0 Å². The van der Waals surface area contributed by atoms with Crippen molar-refractivity contribution in [3.05, 3.63) is 23.7 Å². The molecular weight excluding hydrogens is 284 g/mol. The first-order valence-electron chi connectivity index (χ1n) is 7.04. The van der Waals surface area contributed by atoms with Gasteiger partial charge in [-0.3, -0.25) is 0 Å². The largest absolute Gasteiger partial charge is 0.464 e. The van der Waals surface area contributed by atoms with Gasteiger partial charge in [-0.05, 0) is 37.3 Å². The van der Waals surface area contributed by atoms with E-state index in [2.05, 4.69) is 5.32 Å². The summed E-state index contributed by atoms with van der Waals surface area (Å²) in [6.07, 6.45) is 3.94. The Hall–Kier alpha value is -0.590. The van der Waals surface area contributed by atoms with Crippen LogP contribution in [0.1, 0.15) is 30.8 Å². The Balaban J connectivity index is 1.46. The molecule has 2 unspecified atom stereocenters. The summed E-state index contributed by atoms with van der Waals surface area (Å²) in [5, 5.41) is 3.47. The van der Waals surface area contributed by atoms with Crippen molar-refractivity contribution >= 4 is 11.8 Å². The third-order valence-corrected chi connectivity index (χ3v) is 4.53. The van der Waals surface area contributed by atoms with Crippen LogP contribution in [0.5, 0.6) is 0 Å². The average Bonchev–Trinajstić information content (AvgIpc) is 3.00. The van der Waals surface area contributed by atoms with Gasteiger partial charge in [0, 0.05) is 12.6 Å². The van der Waals surface area contributed by atoms with E-state index in [0.29, 0.717) is 36.2 Å². The summed E-state index contributed by atoms with van der Waals surface area (Å²) in [6, 6.07) is 4.03. The zero-order chi connectivity index (χ0) is 13.9. The number of alkyl halides is 2. The van der Waals surface area contributed by atoms with E-state index in [-0.39, 0.29) is 5.75 Å². The Labute approximate surface area is 121 Å². The lowest BCUT2D eigenvalue weighted by molar-refractivity contribution is 0.0805. The quantitative estimate of drug-likeness (QED) is 0.837. The van der Waals surface area contributed by atoms with Crippen LogP contribution in [0.15, 0.2) is 16.5 Å². The lowest BCUT2D eigenvalue weighted by atomic mass is 10.1. The Morgan fingerprint density at radius 3 is 2.80 bits per heavy atom.